The Labute approximate surface area is 105 Å². The minimum atomic E-state index is -0.0793. The van der Waals surface area contributed by atoms with Crippen molar-refractivity contribution in [2.75, 3.05) is 13.2 Å². The number of aryl methyl sites for hydroxylation is 1. The van der Waals surface area contributed by atoms with Crippen LogP contribution in [0, 0.1) is 6.92 Å². The van der Waals surface area contributed by atoms with Crippen molar-refractivity contribution in [3.8, 4) is 0 Å². The van der Waals surface area contributed by atoms with Crippen LogP contribution in [0.15, 0.2) is 17.2 Å². The Balaban J connectivity index is 2.24. The van der Waals surface area contributed by atoms with E-state index in [-0.39, 0.29) is 11.0 Å². The first-order chi connectivity index (χ1) is 8.62. The van der Waals surface area contributed by atoms with Gasteiger partial charge in [0.05, 0.1) is 5.69 Å². The number of nitrogens with one attached hydrogen (secondary N) is 1. The molecule has 96 valence electrons. The van der Waals surface area contributed by atoms with Gasteiger partial charge in [-0.05, 0) is 19.8 Å². The lowest BCUT2D eigenvalue weighted by Crippen LogP contribution is -2.32. The predicted molar refractivity (Wildman–Crippen MR) is 68.0 cm³/mol. The van der Waals surface area contributed by atoms with Crippen molar-refractivity contribution < 1.29 is 4.74 Å². The largest absolute Gasteiger partial charge is 0.381 e. The molecule has 5 nitrogen and oxygen atoms in total. The van der Waals surface area contributed by atoms with Crippen molar-refractivity contribution in [2.24, 2.45) is 0 Å². The summed E-state index contributed by atoms with van der Waals surface area (Å²) in [5.74, 6) is 0.976. The summed E-state index contributed by atoms with van der Waals surface area (Å²) in [6, 6.07) is 0. The van der Waals surface area contributed by atoms with E-state index in [0.29, 0.717) is 5.52 Å². The Morgan fingerprint density at radius 3 is 2.89 bits per heavy atom. The third-order valence-electron chi connectivity index (χ3n) is 3.87. The molecule has 0 spiro atoms. The van der Waals surface area contributed by atoms with E-state index in [1.54, 1.807) is 6.20 Å². The second kappa shape index (κ2) is 3.95. The first-order valence-electron chi connectivity index (χ1n) is 6.26. The lowest BCUT2D eigenvalue weighted by atomic mass is 9.81. The van der Waals surface area contributed by atoms with Crippen LogP contribution in [0.2, 0.25) is 0 Å². The average Bonchev–Trinajstić information content (AvgIpc) is 2.70. The van der Waals surface area contributed by atoms with Gasteiger partial charge in [0.1, 0.15) is 11.3 Å². The molecule has 0 saturated carbocycles. The summed E-state index contributed by atoms with van der Waals surface area (Å²) in [6.45, 7) is 5.60. The molecule has 0 aromatic carbocycles. The van der Waals surface area contributed by atoms with Crippen LogP contribution in [-0.4, -0.2) is 27.6 Å². The first-order valence-corrected chi connectivity index (χ1v) is 6.26. The quantitative estimate of drug-likeness (QED) is 0.828. The van der Waals surface area contributed by atoms with Crippen LogP contribution in [0.1, 0.15) is 31.3 Å². The van der Waals surface area contributed by atoms with Gasteiger partial charge in [0.15, 0.2) is 0 Å². The van der Waals surface area contributed by atoms with E-state index in [9.17, 15) is 4.79 Å². The molecule has 18 heavy (non-hydrogen) atoms. The van der Waals surface area contributed by atoms with Gasteiger partial charge in [0.25, 0.3) is 5.56 Å². The molecule has 2 aromatic heterocycles. The van der Waals surface area contributed by atoms with Crippen molar-refractivity contribution in [3.05, 3.63) is 34.3 Å². The number of ether oxygens (including phenoxy) is 1. The van der Waals surface area contributed by atoms with E-state index in [2.05, 4.69) is 16.9 Å². The molecule has 2 aromatic rings. The van der Waals surface area contributed by atoms with E-state index < -0.39 is 0 Å². The van der Waals surface area contributed by atoms with Crippen molar-refractivity contribution in [1.29, 1.82) is 0 Å². The number of rotatable bonds is 1. The van der Waals surface area contributed by atoms with Crippen LogP contribution in [0.5, 0.6) is 0 Å². The maximum absolute atomic E-state index is 11.9. The highest BCUT2D eigenvalue weighted by molar-refractivity contribution is 5.51. The van der Waals surface area contributed by atoms with Crippen molar-refractivity contribution >= 4 is 5.52 Å². The summed E-state index contributed by atoms with van der Waals surface area (Å²) in [5.41, 5.74) is 1.35. The zero-order valence-electron chi connectivity index (χ0n) is 10.7. The Hall–Kier alpha value is -1.62. The van der Waals surface area contributed by atoms with Crippen LogP contribution < -0.4 is 5.56 Å². The SMILES string of the molecule is Cc1nc(C2(C)CCOCC2)n2cc[nH]c(=O)c12. The van der Waals surface area contributed by atoms with Crippen LogP contribution in [0.3, 0.4) is 0 Å². The summed E-state index contributed by atoms with van der Waals surface area (Å²) in [7, 11) is 0. The van der Waals surface area contributed by atoms with Gasteiger partial charge in [-0.25, -0.2) is 4.98 Å². The highest BCUT2D eigenvalue weighted by atomic mass is 16.5. The molecular weight excluding hydrogens is 230 g/mol. The summed E-state index contributed by atoms with van der Waals surface area (Å²) in [6.07, 6.45) is 5.44. The van der Waals surface area contributed by atoms with E-state index >= 15 is 0 Å². The normalized spacial score (nSPS) is 19.2. The lowest BCUT2D eigenvalue weighted by Gasteiger charge is -2.32. The fraction of sp³-hybridized carbons (Fsp3) is 0.538. The fourth-order valence-electron chi connectivity index (χ4n) is 2.69. The lowest BCUT2D eigenvalue weighted by molar-refractivity contribution is 0.0533. The number of aromatic amines is 1. The van der Waals surface area contributed by atoms with E-state index in [0.717, 1.165) is 37.6 Å². The molecule has 0 bridgehead atoms. The molecule has 1 N–H and O–H groups in total. The number of aromatic nitrogens is 3. The second-order valence-corrected chi connectivity index (χ2v) is 5.20. The molecule has 1 aliphatic rings. The van der Waals surface area contributed by atoms with E-state index in [1.807, 2.05) is 17.5 Å². The monoisotopic (exact) mass is 247 g/mol. The molecule has 3 rings (SSSR count). The Kier molecular flexibility index (Phi) is 2.52. The van der Waals surface area contributed by atoms with Gasteiger partial charge in [-0.3, -0.25) is 9.20 Å². The molecule has 0 radical (unpaired) electrons. The number of H-pyrrole nitrogens is 1. The Morgan fingerprint density at radius 2 is 2.17 bits per heavy atom. The van der Waals surface area contributed by atoms with Gasteiger partial charge in [-0.2, -0.15) is 0 Å². The Morgan fingerprint density at radius 1 is 1.44 bits per heavy atom. The first kappa shape index (κ1) is 11.5. The average molecular weight is 247 g/mol. The molecule has 5 heteroatoms. The predicted octanol–water partition coefficient (Wildman–Crippen LogP) is 1.40. The standard InChI is InChI=1S/C13H17N3O2/c1-9-10-11(17)14-5-6-16(10)12(15-9)13(2)3-7-18-8-4-13/h5-6H,3-4,7-8H2,1-2H3,(H,14,17). The minimum Gasteiger partial charge on any atom is -0.381 e. The number of hydrogen-bond acceptors (Lipinski definition) is 3. The van der Waals surface area contributed by atoms with E-state index in [1.165, 1.54) is 0 Å². The van der Waals surface area contributed by atoms with Gasteiger partial charge < -0.3 is 9.72 Å². The van der Waals surface area contributed by atoms with Crippen molar-refractivity contribution in [3.63, 3.8) is 0 Å². The van der Waals surface area contributed by atoms with Gasteiger partial charge in [-0.1, -0.05) is 6.92 Å². The fourth-order valence-corrected chi connectivity index (χ4v) is 2.69. The molecule has 0 amide bonds. The third kappa shape index (κ3) is 1.58. The van der Waals surface area contributed by atoms with E-state index in [4.69, 9.17) is 4.74 Å². The number of hydrogen-bond donors (Lipinski definition) is 1. The molecule has 3 heterocycles. The minimum absolute atomic E-state index is 0.0107. The number of fused-ring (bicyclic) bond motifs is 1. The van der Waals surface area contributed by atoms with Crippen LogP contribution >= 0.6 is 0 Å². The molecule has 1 aliphatic heterocycles. The van der Waals surface area contributed by atoms with Crippen LogP contribution in [-0.2, 0) is 10.2 Å². The maximum Gasteiger partial charge on any atom is 0.274 e. The molecule has 0 atom stereocenters. The van der Waals surface area contributed by atoms with Crippen molar-refractivity contribution in [1.82, 2.24) is 14.4 Å². The maximum atomic E-state index is 11.9. The second-order valence-electron chi connectivity index (χ2n) is 5.20. The van der Waals surface area contributed by atoms with Gasteiger partial charge in [-0.15, -0.1) is 0 Å². The van der Waals surface area contributed by atoms with Crippen molar-refractivity contribution in [2.45, 2.75) is 32.1 Å². The molecule has 1 saturated heterocycles. The molecule has 0 unspecified atom stereocenters. The summed E-state index contributed by atoms with van der Waals surface area (Å²) in [4.78, 5) is 19.2. The Bertz CT molecular complexity index is 635. The van der Waals surface area contributed by atoms with Gasteiger partial charge >= 0.3 is 0 Å². The molecular formula is C13H17N3O2. The number of imidazole rings is 1. The van der Waals surface area contributed by atoms with Crippen LogP contribution in [0.4, 0.5) is 0 Å². The van der Waals surface area contributed by atoms with Gasteiger partial charge in [0.2, 0.25) is 0 Å². The highest BCUT2D eigenvalue weighted by Crippen LogP contribution is 2.33. The number of nitrogens with zero attached hydrogens (tertiary/aromatic N) is 2. The topological polar surface area (TPSA) is 59.4 Å². The molecule has 0 aliphatic carbocycles. The summed E-state index contributed by atoms with van der Waals surface area (Å²) < 4.78 is 7.35. The van der Waals surface area contributed by atoms with Crippen LogP contribution in [0.25, 0.3) is 5.52 Å². The molecule has 1 fully saturated rings. The zero-order valence-corrected chi connectivity index (χ0v) is 10.7. The van der Waals surface area contributed by atoms with Gasteiger partial charge in [0, 0.05) is 31.0 Å². The zero-order chi connectivity index (χ0) is 12.8. The summed E-state index contributed by atoms with van der Waals surface area (Å²) >= 11 is 0. The third-order valence-corrected chi connectivity index (χ3v) is 3.87. The highest BCUT2D eigenvalue weighted by Gasteiger charge is 2.34. The summed E-state index contributed by atoms with van der Waals surface area (Å²) in [5, 5.41) is 0. The smallest absolute Gasteiger partial charge is 0.274 e.